The zero-order valence-corrected chi connectivity index (χ0v) is 13.0. The number of benzene rings is 1. The van der Waals surface area contributed by atoms with Crippen LogP contribution in [0.2, 0.25) is 0 Å². The van der Waals surface area contributed by atoms with E-state index < -0.39 is 5.97 Å². The third kappa shape index (κ3) is 2.87. The summed E-state index contributed by atoms with van der Waals surface area (Å²) < 4.78 is 0. The lowest BCUT2D eigenvalue weighted by molar-refractivity contribution is -0.140. The molecule has 3 heteroatoms. The fourth-order valence-corrected chi connectivity index (χ4v) is 4.15. The summed E-state index contributed by atoms with van der Waals surface area (Å²) in [7, 11) is 0. The summed E-state index contributed by atoms with van der Waals surface area (Å²) >= 11 is 0. The molecule has 1 aromatic rings. The van der Waals surface area contributed by atoms with Crippen molar-refractivity contribution < 1.29 is 14.7 Å². The van der Waals surface area contributed by atoms with E-state index in [1.54, 1.807) is 0 Å². The lowest BCUT2D eigenvalue weighted by atomic mass is 9.72. The molecule has 0 aromatic heterocycles. The van der Waals surface area contributed by atoms with Crippen LogP contribution in [0, 0.1) is 18.8 Å². The van der Waals surface area contributed by atoms with Crippen LogP contribution in [0.15, 0.2) is 18.2 Å². The molecule has 1 saturated carbocycles. The minimum atomic E-state index is -0.632. The Hall–Kier alpha value is -1.64. The van der Waals surface area contributed by atoms with Gasteiger partial charge in [0.1, 0.15) is 6.29 Å². The second kappa shape index (κ2) is 6.42. The molecule has 0 amide bonds. The Balaban J connectivity index is 0.000000497. The van der Waals surface area contributed by atoms with Crippen molar-refractivity contribution in [3.05, 3.63) is 34.9 Å². The molecular weight excluding hydrogens is 264 g/mol. The van der Waals surface area contributed by atoms with Gasteiger partial charge in [0.15, 0.2) is 0 Å². The van der Waals surface area contributed by atoms with Crippen LogP contribution in [0.3, 0.4) is 0 Å². The highest BCUT2D eigenvalue weighted by Crippen LogP contribution is 2.55. The maximum atomic E-state index is 11.7. The molecule has 1 fully saturated rings. The Bertz CT molecular complexity index is 535. The third-order valence-electron chi connectivity index (χ3n) is 4.92. The van der Waals surface area contributed by atoms with Crippen molar-refractivity contribution in [1.82, 2.24) is 0 Å². The highest BCUT2D eigenvalue weighted by Gasteiger charge is 2.46. The molecule has 1 N–H and O–H groups in total. The average molecular weight is 288 g/mol. The highest BCUT2D eigenvalue weighted by molar-refractivity contribution is 5.79. The average Bonchev–Trinajstić information content (AvgIpc) is 2.74. The van der Waals surface area contributed by atoms with Crippen LogP contribution in [0.25, 0.3) is 0 Å². The van der Waals surface area contributed by atoms with Gasteiger partial charge in [-0.25, -0.2) is 0 Å². The summed E-state index contributed by atoms with van der Waals surface area (Å²) in [5.41, 5.74) is 3.59. The number of hydrogen-bond acceptors (Lipinski definition) is 2. The van der Waals surface area contributed by atoms with Gasteiger partial charge in [0.05, 0.1) is 5.92 Å². The molecule has 0 radical (unpaired) electrons. The standard InChI is InChI=1S/C16H20O2.C2H4O/c1-9-6-7-11-12-5-3-4-10(2)14(12)15(16(17)18)13(11)8-9;1-2-3/h3-5,9,11,13,15H,6-8H2,1-2H3,(H,17,18);2H,1H3. The van der Waals surface area contributed by atoms with Gasteiger partial charge in [-0.1, -0.05) is 31.5 Å². The molecule has 4 atom stereocenters. The van der Waals surface area contributed by atoms with Gasteiger partial charge < -0.3 is 9.90 Å². The summed E-state index contributed by atoms with van der Waals surface area (Å²) in [6.07, 6.45) is 4.21. The molecule has 0 saturated heterocycles. The number of carbonyl (C=O) groups is 2. The Morgan fingerprint density at radius 2 is 2.00 bits per heavy atom. The third-order valence-corrected chi connectivity index (χ3v) is 4.92. The first kappa shape index (κ1) is 15.7. The summed E-state index contributed by atoms with van der Waals surface area (Å²) in [6.45, 7) is 5.75. The van der Waals surface area contributed by atoms with Crippen LogP contribution in [0.4, 0.5) is 0 Å². The molecule has 2 aliphatic rings. The molecule has 3 rings (SSSR count). The monoisotopic (exact) mass is 288 g/mol. The van der Waals surface area contributed by atoms with E-state index in [0.29, 0.717) is 17.8 Å². The number of aliphatic carboxylic acids is 1. The van der Waals surface area contributed by atoms with Crippen LogP contribution < -0.4 is 0 Å². The van der Waals surface area contributed by atoms with Gasteiger partial charge in [-0.05, 0) is 61.1 Å². The highest BCUT2D eigenvalue weighted by atomic mass is 16.4. The Morgan fingerprint density at radius 3 is 2.62 bits per heavy atom. The number of aldehydes is 1. The van der Waals surface area contributed by atoms with Gasteiger partial charge >= 0.3 is 5.97 Å². The van der Waals surface area contributed by atoms with Crippen molar-refractivity contribution in [2.24, 2.45) is 11.8 Å². The first-order chi connectivity index (χ1) is 10.0. The van der Waals surface area contributed by atoms with Crippen molar-refractivity contribution in [3.63, 3.8) is 0 Å². The van der Waals surface area contributed by atoms with Crippen molar-refractivity contribution in [2.45, 2.75) is 51.9 Å². The zero-order chi connectivity index (χ0) is 15.6. The zero-order valence-electron chi connectivity index (χ0n) is 13.0. The van der Waals surface area contributed by atoms with Crippen LogP contribution in [-0.4, -0.2) is 17.4 Å². The van der Waals surface area contributed by atoms with Gasteiger partial charge in [-0.2, -0.15) is 0 Å². The number of carboxylic acids is 1. The molecule has 0 bridgehead atoms. The fourth-order valence-electron chi connectivity index (χ4n) is 4.15. The second-order valence-electron chi connectivity index (χ2n) is 6.32. The predicted molar refractivity (Wildman–Crippen MR) is 82.5 cm³/mol. The molecule has 0 heterocycles. The van der Waals surface area contributed by atoms with E-state index in [-0.39, 0.29) is 5.92 Å². The van der Waals surface area contributed by atoms with Gasteiger partial charge in [-0.15, -0.1) is 0 Å². The molecular formula is C18H24O3. The van der Waals surface area contributed by atoms with Crippen molar-refractivity contribution >= 4 is 12.3 Å². The van der Waals surface area contributed by atoms with Crippen LogP contribution in [-0.2, 0) is 9.59 Å². The van der Waals surface area contributed by atoms with Crippen molar-refractivity contribution in [2.75, 3.05) is 0 Å². The molecule has 3 nitrogen and oxygen atoms in total. The Morgan fingerprint density at radius 1 is 1.33 bits per heavy atom. The first-order valence-electron chi connectivity index (χ1n) is 7.73. The van der Waals surface area contributed by atoms with Crippen molar-refractivity contribution in [1.29, 1.82) is 0 Å². The van der Waals surface area contributed by atoms with Gasteiger partial charge in [0, 0.05) is 0 Å². The lowest BCUT2D eigenvalue weighted by Crippen LogP contribution is -2.25. The largest absolute Gasteiger partial charge is 0.481 e. The minimum Gasteiger partial charge on any atom is -0.481 e. The van der Waals surface area contributed by atoms with Gasteiger partial charge in [-0.3, -0.25) is 4.79 Å². The van der Waals surface area contributed by atoms with Crippen LogP contribution in [0.5, 0.6) is 0 Å². The maximum absolute atomic E-state index is 11.7. The maximum Gasteiger partial charge on any atom is 0.311 e. The molecule has 0 spiro atoms. The number of carbonyl (C=O) groups excluding carboxylic acids is 1. The lowest BCUT2D eigenvalue weighted by Gasteiger charge is -2.32. The van der Waals surface area contributed by atoms with E-state index in [2.05, 4.69) is 32.0 Å². The van der Waals surface area contributed by atoms with Gasteiger partial charge in [0.2, 0.25) is 0 Å². The minimum absolute atomic E-state index is 0.269. The molecule has 2 aliphatic carbocycles. The summed E-state index contributed by atoms with van der Waals surface area (Å²) in [5.74, 6) is 0.573. The normalized spacial score (nSPS) is 29.7. The number of aryl methyl sites for hydroxylation is 1. The Labute approximate surface area is 126 Å². The van der Waals surface area contributed by atoms with Crippen LogP contribution in [0.1, 0.15) is 61.6 Å². The van der Waals surface area contributed by atoms with E-state index in [1.165, 1.54) is 18.9 Å². The van der Waals surface area contributed by atoms with E-state index in [9.17, 15) is 9.90 Å². The number of rotatable bonds is 1. The number of hydrogen-bond donors (Lipinski definition) is 1. The molecule has 21 heavy (non-hydrogen) atoms. The van der Waals surface area contributed by atoms with E-state index in [4.69, 9.17) is 4.79 Å². The van der Waals surface area contributed by atoms with E-state index in [0.717, 1.165) is 30.3 Å². The van der Waals surface area contributed by atoms with Crippen molar-refractivity contribution in [3.8, 4) is 0 Å². The smallest absolute Gasteiger partial charge is 0.311 e. The Kier molecular flexibility index (Phi) is 4.81. The quantitative estimate of drug-likeness (QED) is 0.797. The second-order valence-corrected chi connectivity index (χ2v) is 6.32. The summed E-state index contributed by atoms with van der Waals surface area (Å²) in [4.78, 5) is 20.5. The molecule has 114 valence electrons. The molecule has 0 aliphatic heterocycles. The summed E-state index contributed by atoms with van der Waals surface area (Å²) in [6, 6.07) is 6.28. The van der Waals surface area contributed by atoms with E-state index in [1.807, 2.05) is 0 Å². The summed E-state index contributed by atoms with van der Waals surface area (Å²) in [5, 5.41) is 9.61. The SMILES string of the molecule is CC=O.Cc1cccc2c1C(C(=O)O)C1CC(C)CCC21. The van der Waals surface area contributed by atoms with E-state index >= 15 is 0 Å². The topological polar surface area (TPSA) is 54.4 Å². The fraction of sp³-hybridized carbons (Fsp3) is 0.556. The molecule has 4 unspecified atom stereocenters. The molecule has 1 aromatic carbocycles. The predicted octanol–water partition coefficient (Wildman–Crippen LogP) is 3.90. The van der Waals surface area contributed by atoms with Crippen LogP contribution >= 0.6 is 0 Å². The van der Waals surface area contributed by atoms with Gasteiger partial charge in [0.25, 0.3) is 0 Å². The number of carboxylic acid groups (broad SMARTS) is 1. The first-order valence-corrected chi connectivity index (χ1v) is 7.73. The number of fused-ring (bicyclic) bond motifs is 3.